The van der Waals surface area contributed by atoms with Crippen molar-refractivity contribution < 1.29 is 17.9 Å². The molecule has 2 N–H and O–H groups in total. The summed E-state index contributed by atoms with van der Waals surface area (Å²) >= 11 is 0. The Labute approximate surface area is 147 Å². The molecule has 3 rings (SSSR count). The van der Waals surface area contributed by atoms with Crippen LogP contribution < -0.4 is 10.0 Å². The zero-order valence-electron chi connectivity index (χ0n) is 13.9. The molecule has 0 aromatic heterocycles. The first-order valence-electron chi connectivity index (χ1n) is 7.99. The lowest BCUT2D eigenvalue weighted by atomic mass is 10.2. The van der Waals surface area contributed by atoms with Gasteiger partial charge >= 0.3 is 0 Å². The zero-order chi connectivity index (χ0) is 17.9. The number of hydrogen-bond donors (Lipinski definition) is 2. The van der Waals surface area contributed by atoms with E-state index in [1.807, 2.05) is 18.2 Å². The van der Waals surface area contributed by atoms with Gasteiger partial charge in [-0.2, -0.15) is 0 Å². The van der Waals surface area contributed by atoms with Crippen molar-refractivity contribution in [1.29, 1.82) is 0 Å². The zero-order valence-corrected chi connectivity index (χ0v) is 14.7. The molecular weight excluding hydrogens is 340 g/mol. The van der Waals surface area contributed by atoms with Gasteiger partial charge in [0.1, 0.15) is 0 Å². The van der Waals surface area contributed by atoms with E-state index in [-0.39, 0.29) is 22.4 Å². The molecule has 0 aliphatic heterocycles. The highest BCUT2D eigenvalue weighted by molar-refractivity contribution is 7.89. The summed E-state index contributed by atoms with van der Waals surface area (Å²) in [6.45, 7) is 0.449. The average molecular weight is 360 g/mol. The molecule has 0 heterocycles. The molecule has 0 saturated heterocycles. The molecule has 1 saturated carbocycles. The number of anilines is 1. The van der Waals surface area contributed by atoms with E-state index in [1.165, 1.54) is 12.1 Å². The predicted octanol–water partition coefficient (Wildman–Crippen LogP) is 2.53. The molecule has 1 aliphatic carbocycles. The lowest BCUT2D eigenvalue weighted by Crippen LogP contribution is -2.26. The Bertz CT molecular complexity index is 876. The first-order valence-corrected chi connectivity index (χ1v) is 9.48. The third-order valence-corrected chi connectivity index (χ3v) is 5.32. The van der Waals surface area contributed by atoms with Gasteiger partial charge in [-0.3, -0.25) is 4.79 Å². The van der Waals surface area contributed by atoms with Crippen LogP contribution in [0.25, 0.3) is 0 Å². The summed E-state index contributed by atoms with van der Waals surface area (Å²) in [4.78, 5) is 12.5. The lowest BCUT2D eigenvalue weighted by Gasteiger charge is -2.09. The molecule has 1 amide bonds. The highest BCUT2D eigenvalue weighted by Crippen LogP contribution is 2.22. The van der Waals surface area contributed by atoms with E-state index in [2.05, 4.69) is 10.0 Å². The number of carbonyl (C=O) groups is 1. The van der Waals surface area contributed by atoms with Crippen LogP contribution in [0.4, 0.5) is 5.69 Å². The third kappa shape index (κ3) is 4.66. The first kappa shape index (κ1) is 17.6. The van der Waals surface area contributed by atoms with Gasteiger partial charge in [-0.25, -0.2) is 13.1 Å². The van der Waals surface area contributed by atoms with Crippen molar-refractivity contribution >= 4 is 21.6 Å². The van der Waals surface area contributed by atoms with Crippen LogP contribution in [0.5, 0.6) is 0 Å². The Morgan fingerprint density at radius 1 is 1.16 bits per heavy atom. The van der Waals surface area contributed by atoms with Crippen molar-refractivity contribution in [1.82, 2.24) is 4.72 Å². The summed E-state index contributed by atoms with van der Waals surface area (Å²) in [5.74, 6) is -0.363. The van der Waals surface area contributed by atoms with Crippen LogP contribution in [0, 0.1) is 0 Å². The van der Waals surface area contributed by atoms with Gasteiger partial charge in [-0.05, 0) is 48.7 Å². The quantitative estimate of drug-likeness (QED) is 0.795. The van der Waals surface area contributed by atoms with E-state index >= 15 is 0 Å². The van der Waals surface area contributed by atoms with Gasteiger partial charge in [0, 0.05) is 24.4 Å². The normalized spacial score (nSPS) is 14.3. The van der Waals surface area contributed by atoms with Crippen LogP contribution in [0.1, 0.15) is 28.8 Å². The minimum absolute atomic E-state index is 0.0195. The second-order valence-corrected chi connectivity index (χ2v) is 7.72. The van der Waals surface area contributed by atoms with Crippen molar-refractivity contribution in [2.75, 3.05) is 12.4 Å². The van der Waals surface area contributed by atoms with Gasteiger partial charge in [0.05, 0.1) is 11.5 Å². The topological polar surface area (TPSA) is 84.5 Å². The SMILES string of the molecule is COCc1cccc(NC(=O)c2cccc(S(=O)(=O)NC3CC3)c2)c1. The summed E-state index contributed by atoms with van der Waals surface area (Å²) in [6.07, 6.45) is 1.72. The number of ether oxygens (including phenoxy) is 1. The summed E-state index contributed by atoms with van der Waals surface area (Å²) in [7, 11) is -1.98. The van der Waals surface area contributed by atoms with E-state index in [4.69, 9.17) is 4.74 Å². The third-order valence-electron chi connectivity index (χ3n) is 3.80. The highest BCUT2D eigenvalue weighted by Gasteiger charge is 2.28. The van der Waals surface area contributed by atoms with Gasteiger partial charge in [-0.1, -0.05) is 18.2 Å². The van der Waals surface area contributed by atoms with Crippen LogP contribution >= 0.6 is 0 Å². The number of hydrogen-bond acceptors (Lipinski definition) is 4. The number of methoxy groups -OCH3 is 1. The maximum Gasteiger partial charge on any atom is 0.255 e. The van der Waals surface area contributed by atoms with Crippen molar-refractivity contribution in [3.8, 4) is 0 Å². The molecule has 7 heteroatoms. The van der Waals surface area contributed by atoms with E-state index in [1.54, 1.807) is 25.3 Å². The van der Waals surface area contributed by atoms with Crippen LogP contribution in [0.15, 0.2) is 53.4 Å². The summed E-state index contributed by atoms with van der Waals surface area (Å²) in [6, 6.07) is 13.4. The van der Waals surface area contributed by atoms with Crippen LogP contribution in [0.3, 0.4) is 0 Å². The first-order chi connectivity index (χ1) is 12.0. The molecule has 0 radical (unpaired) electrons. The van der Waals surface area contributed by atoms with Crippen LogP contribution in [-0.4, -0.2) is 27.5 Å². The Morgan fingerprint density at radius 3 is 2.64 bits per heavy atom. The highest BCUT2D eigenvalue weighted by atomic mass is 32.2. The summed E-state index contributed by atoms with van der Waals surface area (Å²) in [5.41, 5.74) is 1.85. The number of carbonyl (C=O) groups excluding carboxylic acids is 1. The monoisotopic (exact) mass is 360 g/mol. The molecule has 1 fully saturated rings. The molecule has 0 bridgehead atoms. The fourth-order valence-corrected chi connectivity index (χ4v) is 3.75. The minimum Gasteiger partial charge on any atom is -0.380 e. The lowest BCUT2D eigenvalue weighted by molar-refractivity contribution is 0.102. The number of rotatable bonds is 7. The van der Waals surface area contributed by atoms with E-state index in [9.17, 15) is 13.2 Å². The Hall–Kier alpha value is -2.22. The molecule has 6 nitrogen and oxygen atoms in total. The van der Waals surface area contributed by atoms with Crippen molar-refractivity contribution in [2.24, 2.45) is 0 Å². The molecule has 25 heavy (non-hydrogen) atoms. The van der Waals surface area contributed by atoms with Gasteiger partial charge in [0.2, 0.25) is 10.0 Å². The van der Waals surface area contributed by atoms with E-state index < -0.39 is 10.0 Å². The average Bonchev–Trinajstić information content (AvgIpc) is 3.39. The van der Waals surface area contributed by atoms with Crippen LogP contribution in [0.2, 0.25) is 0 Å². The molecular formula is C18H20N2O4S. The van der Waals surface area contributed by atoms with Crippen molar-refractivity contribution in [3.05, 3.63) is 59.7 Å². The number of amides is 1. The number of nitrogens with one attached hydrogen (secondary N) is 2. The Kier molecular flexibility index (Phi) is 5.17. The maximum atomic E-state index is 12.4. The van der Waals surface area contributed by atoms with Gasteiger partial charge in [0.25, 0.3) is 5.91 Å². The molecule has 2 aromatic carbocycles. The fraction of sp³-hybridized carbons (Fsp3) is 0.278. The van der Waals surface area contributed by atoms with Crippen molar-refractivity contribution in [3.63, 3.8) is 0 Å². The maximum absolute atomic E-state index is 12.4. The number of sulfonamides is 1. The van der Waals surface area contributed by atoms with Crippen molar-refractivity contribution in [2.45, 2.75) is 30.4 Å². The van der Waals surface area contributed by atoms with E-state index in [0.29, 0.717) is 12.3 Å². The van der Waals surface area contributed by atoms with Crippen LogP contribution in [-0.2, 0) is 21.4 Å². The Morgan fingerprint density at radius 2 is 1.92 bits per heavy atom. The molecule has 132 valence electrons. The Balaban J connectivity index is 1.76. The minimum atomic E-state index is -3.59. The number of benzene rings is 2. The summed E-state index contributed by atoms with van der Waals surface area (Å²) < 4.78 is 32.2. The largest absolute Gasteiger partial charge is 0.380 e. The van der Waals surface area contributed by atoms with E-state index in [0.717, 1.165) is 18.4 Å². The second-order valence-electron chi connectivity index (χ2n) is 6.01. The summed E-state index contributed by atoms with van der Waals surface area (Å²) in [5, 5.41) is 2.78. The second kappa shape index (κ2) is 7.35. The molecule has 0 atom stereocenters. The standard InChI is InChI=1S/C18H20N2O4S/c1-24-12-13-4-2-6-16(10-13)19-18(21)14-5-3-7-17(11-14)25(22,23)20-15-8-9-15/h2-7,10-11,15,20H,8-9,12H2,1H3,(H,19,21). The van der Waals surface area contributed by atoms with Gasteiger partial charge in [-0.15, -0.1) is 0 Å². The molecule has 0 unspecified atom stereocenters. The molecule has 2 aromatic rings. The van der Waals surface area contributed by atoms with Gasteiger partial charge in [0.15, 0.2) is 0 Å². The predicted molar refractivity (Wildman–Crippen MR) is 94.9 cm³/mol. The molecule has 0 spiro atoms. The van der Waals surface area contributed by atoms with Gasteiger partial charge < -0.3 is 10.1 Å². The smallest absolute Gasteiger partial charge is 0.255 e. The fourth-order valence-electron chi connectivity index (χ4n) is 2.40. The molecule has 1 aliphatic rings.